The predicted octanol–water partition coefficient (Wildman–Crippen LogP) is 2.24. The number of rotatable bonds is 4. The second-order valence-electron chi connectivity index (χ2n) is 4.57. The van der Waals surface area contributed by atoms with E-state index < -0.39 is 11.9 Å². The van der Waals surface area contributed by atoms with Crippen LogP contribution in [0.1, 0.15) is 24.9 Å². The van der Waals surface area contributed by atoms with Gasteiger partial charge in [0.2, 0.25) is 5.91 Å². The molecule has 0 aromatic heterocycles. The van der Waals surface area contributed by atoms with Gasteiger partial charge in [0.15, 0.2) is 0 Å². The van der Waals surface area contributed by atoms with Gasteiger partial charge in [0.25, 0.3) is 0 Å². The van der Waals surface area contributed by atoms with Crippen molar-refractivity contribution in [3.8, 4) is 0 Å². The maximum Gasteiger partial charge on any atom is 0.307 e. The molecule has 0 aliphatic heterocycles. The molecule has 1 saturated carbocycles. The van der Waals surface area contributed by atoms with E-state index in [1.165, 1.54) is 0 Å². The van der Waals surface area contributed by atoms with Crippen LogP contribution < -0.4 is 5.32 Å². The highest BCUT2D eigenvalue weighted by Gasteiger charge is 2.48. The molecule has 0 heterocycles. The van der Waals surface area contributed by atoms with E-state index in [2.05, 4.69) is 5.32 Å². The van der Waals surface area contributed by atoms with E-state index in [4.69, 9.17) is 16.7 Å². The number of hydrogen-bond donors (Lipinski definition) is 2. The summed E-state index contributed by atoms with van der Waals surface area (Å²) in [5, 5.41) is 12.2. The van der Waals surface area contributed by atoms with Gasteiger partial charge in [0.1, 0.15) is 0 Å². The Hall–Kier alpha value is -1.55. The Balaban J connectivity index is 1.94. The third-order valence-electron chi connectivity index (χ3n) is 3.15. The van der Waals surface area contributed by atoms with E-state index in [9.17, 15) is 9.59 Å². The average molecular weight is 268 g/mol. The first kappa shape index (κ1) is 12.9. The van der Waals surface area contributed by atoms with Crippen molar-refractivity contribution in [2.75, 3.05) is 0 Å². The maximum absolute atomic E-state index is 11.8. The molecule has 1 aliphatic rings. The van der Waals surface area contributed by atoms with E-state index in [0.717, 1.165) is 5.56 Å². The molecule has 0 saturated heterocycles. The highest BCUT2D eigenvalue weighted by molar-refractivity contribution is 6.30. The molecule has 1 aromatic carbocycles. The topological polar surface area (TPSA) is 66.4 Å². The quantitative estimate of drug-likeness (QED) is 0.879. The van der Waals surface area contributed by atoms with Crippen molar-refractivity contribution in [3.63, 3.8) is 0 Å². The normalized spacial score (nSPS) is 23.2. The molecule has 0 spiro atoms. The Kier molecular flexibility index (Phi) is 3.57. The number of aliphatic carboxylic acids is 1. The lowest BCUT2D eigenvalue weighted by Gasteiger charge is -2.14. The standard InChI is InChI=1S/C13H14ClNO3/c1-7(8-3-2-4-9(14)5-8)15-12(16)10-6-11(10)13(17)18/h2-5,7,10-11H,6H2,1H3,(H,15,16)(H,17,18)/t7-,10+,11+/m0/s1. The van der Waals surface area contributed by atoms with Gasteiger partial charge in [-0.3, -0.25) is 9.59 Å². The number of carboxylic acid groups (broad SMARTS) is 1. The van der Waals surface area contributed by atoms with Gasteiger partial charge in [-0.25, -0.2) is 0 Å². The van der Waals surface area contributed by atoms with Crippen molar-refractivity contribution in [2.45, 2.75) is 19.4 Å². The molecule has 0 bridgehead atoms. The summed E-state index contributed by atoms with van der Waals surface area (Å²) in [6.07, 6.45) is 0.434. The molecular formula is C13H14ClNO3. The Morgan fingerprint density at radius 1 is 1.44 bits per heavy atom. The van der Waals surface area contributed by atoms with Crippen molar-refractivity contribution < 1.29 is 14.7 Å². The molecule has 4 nitrogen and oxygen atoms in total. The molecule has 5 heteroatoms. The Morgan fingerprint density at radius 2 is 2.17 bits per heavy atom. The number of carboxylic acids is 1. The van der Waals surface area contributed by atoms with E-state index >= 15 is 0 Å². The van der Waals surface area contributed by atoms with Gasteiger partial charge < -0.3 is 10.4 Å². The zero-order valence-corrected chi connectivity index (χ0v) is 10.6. The summed E-state index contributed by atoms with van der Waals surface area (Å²) >= 11 is 5.87. The summed E-state index contributed by atoms with van der Waals surface area (Å²) in [5.41, 5.74) is 0.906. The van der Waals surface area contributed by atoms with Crippen LogP contribution in [-0.2, 0) is 9.59 Å². The van der Waals surface area contributed by atoms with E-state index in [1.54, 1.807) is 12.1 Å². The van der Waals surface area contributed by atoms with Crippen molar-refractivity contribution in [1.29, 1.82) is 0 Å². The van der Waals surface area contributed by atoms with Crippen LogP contribution in [0, 0.1) is 11.8 Å². The third kappa shape index (κ3) is 2.82. The van der Waals surface area contributed by atoms with Crippen LogP contribution in [0.2, 0.25) is 5.02 Å². The number of nitrogens with one attached hydrogen (secondary N) is 1. The first-order chi connectivity index (χ1) is 8.49. The van der Waals surface area contributed by atoms with Crippen LogP contribution in [-0.4, -0.2) is 17.0 Å². The number of carbonyl (C=O) groups is 2. The van der Waals surface area contributed by atoms with Crippen LogP contribution in [0.15, 0.2) is 24.3 Å². The lowest BCUT2D eigenvalue weighted by Crippen LogP contribution is -2.29. The molecule has 0 radical (unpaired) electrons. The lowest BCUT2D eigenvalue weighted by molar-refractivity contribution is -0.140. The van der Waals surface area contributed by atoms with Gasteiger partial charge >= 0.3 is 5.97 Å². The van der Waals surface area contributed by atoms with Crippen LogP contribution in [0.4, 0.5) is 0 Å². The van der Waals surface area contributed by atoms with E-state index in [-0.39, 0.29) is 17.9 Å². The Labute approximate surface area is 110 Å². The first-order valence-corrected chi connectivity index (χ1v) is 6.15. The minimum absolute atomic E-state index is 0.175. The summed E-state index contributed by atoms with van der Waals surface area (Å²) in [5.74, 6) is -2.00. The minimum atomic E-state index is -0.898. The summed E-state index contributed by atoms with van der Waals surface area (Å²) in [6.45, 7) is 1.85. The van der Waals surface area contributed by atoms with Gasteiger partial charge in [-0.15, -0.1) is 0 Å². The number of hydrogen-bond acceptors (Lipinski definition) is 2. The molecule has 1 fully saturated rings. The highest BCUT2D eigenvalue weighted by atomic mass is 35.5. The SMILES string of the molecule is C[C@H](NC(=O)[C@@H]1C[C@H]1C(=O)O)c1cccc(Cl)c1. The molecule has 1 aromatic rings. The largest absolute Gasteiger partial charge is 0.481 e. The summed E-state index contributed by atoms with van der Waals surface area (Å²) in [4.78, 5) is 22.5. The van der Waals surface area contributed by atoms with Crippen LogP contribution in [0.3, 0.4) is 0 Å². The lowest BCUT2D eigenvalue weighted by atomic mass is 10.1. The van der Waals surface area contributed by atoms with E-state index in [1.807, 2.05) is 19.1 Å². The first-order valence-electron chi connectivity index (χ1n) is 5.77. The fraction of sp³-hybridized carbons (Fsp3) is 0.385. The monoisotopic (exact) mass is 267 g/mol. The van der Waals surface area contributed by atoms with Crippen molar-refractivity contribution in [1.82, 2.24) is 5.32 Å². The maximum atomic E-state index is 11.8. The fourth-order valence-corrected chi connectivity index (χ4v) is 2.14. The second kappa shape index (κ2) is 4.98. The van der Waals surface area contributed by atoms with Gasteiger partial charge in [-0.05, 0) is 31.0 Å². The van der Waals surface area contributed by atoms with E-state index in [0.29, 0.717) is 11.4 Å². The molecule has 2 rings (SSSR count). The zero-order valence-electron chi connectivity index (χ0n) is 9.89. The van der Waals surface area contributed by atoms with Crippen molar-refractivity contribution in [2.24, 2.45) is 11.8 Å². The zero-order chi connectivity index (χ0) is 13.3. The number of halogens is 1. The number of benzene rings is 1. The summed E-state index contributed by atoms with van der Waals surface area (Å²) in [6, 6.07) is 7.07. The fourth-order valence-electron chi connectivity index (χ4n) is 1.94. The number of amides is 1. The van der Waals surface area contributed by atoms with Crippen molar-refractivity contribution >= 4 is 23.5 Å². The predicted molar refractivity (Wildman–Crippen MR) is 67.2 cm³/mol. The molecule has 1 aliphatic carbocycles. The summed E-state index contributed by atoms with van der Waals surface area (Å²) in [7, 11) is 0. The minimum Gasteiger partial charge on any atom is -0.481 e. The molecule has 1 amide bonds. The molecule has 18 heavy (non-hydrogen) atoms. The average Bonchev–Trinajstić information content (AvgIpc) is 3.08. The second-order valence-corrected chi connectivity index (χ2v) is 5.01. The van der Waals surface area contributed by atoms with Crippen LogP contribution in [0.25, 0.3) is 0 Å². The van der Waals surface area contributed by atoms with Crippen LogP contribution in [0.5, 0.6) is 0 Å². The molecule has 0 unspecified atom stereocenters. The van der Waals surface area contributed by atoms with Gasteiger partial charge in [0.05, 0.1) is 17.9 Å². The van der Waals surface area contributed by atoms with Gasteiger partial charge in [0, 0.05) is 5.02 Å². The van der Waals surface area contributed by atoms with Crippen LogP contribution >= 0.6 is 11.6 Å². The Morgan fingerprint density at radius 3 is 2.72 bits per heavy atom. The van der Waals surface area contributed by atoms with Crippen molar-refractivity contribution in [3.05, 3.63) is 34.9 Å². The van der Waals surface area contributed by atoms with Gasteiger partial charge in [-0.1, -0.05) is 23.7 Å². The molecule has 2 N–H and O–H groups in total. The number of carbonyl (C=O) groups excluding carboxylic acids is 1. The summed E-state index contributed by atoms with van der Waals surface area (Å²) < 4.78 is 0. The molecular weight excluding hydrogens is 254 g/mol. The molecule has 3 atom stereocenters. The molecule has 96 valence electrons. The smallest absolute Gasteiger partial charge is 0.307 e. The van der Waals surface area contributed by atoms with Gasteiger partial charge in [-0.2, -0.15) is 0 Å². The third-order valence-corrected chi connectivity index (χ3v) is 3.39. The highest BCUT2D eigenvalue weighted by Crippen LogP contribution is 2.39. The Bertz CT molecular complexity index is 489.